The Morgan fingerprint density at radius 1 is 0.357 bits per heavy atom. The van der Waals surface area contributed by atoms with E-state index in [1.807, 2.05) is 0 Å². The number of rotatable bonds is 0. The van der Waals surface area contributed by atoms with Gasteiger partial charge in [0.15, 0.2) is 0 Å². The molecule has 0 aromatic heterocycles. The highest BCUT2D eigenvalue weighted by Gasteiger charge is 2.32. The van der Waals surface area contributed by atoms with Crippen LogP contribution in [-0.2, 0) is 0 Å². The molecule has 0 fully saturated rings. The molecule has 0 atom stereocenters. The van der Waals surface area contributed by atoms with Crippen molar-refractivity contribution in [2.24, 2.45) is 0 Å². The number of hydrogen-bond acceptors (Lipinski definition) is 0. The van der Waals surface area contributed by atoms with E-state index in [-0.39, 0.29) is 0 Å². The molecule has 0 saturated heterocycles. The summed E-state index contributed by atoms with van der Waals surface area (Å²) in [4.78, 5) is 0. The second kappa shape index (κ2) is 5.56. The summed E-state index contributed by atoms with van der Waals surface area (Å²) in [6.07, 6.45) is 0. The van der Waals surface area contributed by atoms with Crippen molar-refractivity contribution < 1.29 is 0 Å². The van der Waals surface area contributed by atoms with E-state index in [0.29, 0.717) is 0 Å². The van der Waals surface area contributed by atoms with Gasteiger partial charge in [0.25, 0.3) is 0 Å². The molecular formula is C28H20. The predicted octanol–water partition coefficient (Wildman–Crippen LogP) is 7.27. The highest BCUT2D eigenvalue weighted by molar-refractivity contribution is 6.18. The second-order valence-electron chi connectivity index (χ2n) is 7.94. The van der Waals surface area contributed by atoms with Crippen LogP contribution in [0.2, 0.25) is 0 Å². The van der Waals surface area contributed by atoms with Gasteiger partial charge in [0.05, 0.1) is 0 Å². The van der Waals surface area contributed by atoms with Crippen molar-refractivity contribution in [3.05, 3.63) is 118 Å². The summed E-state index contributed by atoms with van der Waals surface area (Å²) in [5.74, 6) is 0. The van der Waals surface area contributed by atoms with Gasteiger partial charge in [-0.15, -0.1) is 0 Å². The first kappa shape index (κ1) is 15.7. The van der Waals surface area contributed by atoms with Crippen molar-refractivity contribution >= 4 is 11.1 Å². The van der Waals surface area contributed by atoms with Crippen LogP contribution >= 0.6 is 0 Å². The van der Waals surface area contributed by atoms with Gasteiger partial charge in [0.1, 0.15) is 0 Å². The maximum absolute atomic E-state index is 2.36. The van der Waals surface area contributed by atoms with Crippen LogP contribution in [0.5, 0.6) is 0 Å². The Bertz CT molecular complexity index is 1220. The normalized spacial score (nSPS) is 13.2. The Hall–Kier alpha value is -3.38. The van der Waals surface area contributed by atoms with Gasteiger partial charge in [-0.2, -0.15) is 0 Å². The lowest BCUT2D eigenvalue weighted by molar-refractivity contribution is 1.46. The third kappa shape index (κ3) is 2.00. The minimum atomic E-state index is 1.31. The van der Waals surface area contributed by atoms with Gasteiger partial charge in [-0.3, -0.25) is 0 Å². The molecule has 0 aliphatic heterocycles. The molecule has 132 valence electrons. The van der Waals surface area contributed by atoms with Crippen molar-refractivity contribution in [3.63, 3.8) is 0 Å². The van der Waals surface area contributed by atoms with Gasteiger partial charge in [-0.1, -0.05) is 96.1 Å². The van der Waals surface area contributed by atoms with Crippen molar-refractivity contribution in [1.29, 1.82) is 0 Å². The van der Waals surface area contributed by atoms with Crippen molar-refractivity contribution in [1.82, 2.24) is 0 Å². The van der Waals surface area contributed by atoms with Crippen LogP contribution in [-0.4, -0.2) is 0 Å². The molecule has 28 heavy (non-hydrogen) atoms. The fourth-order valence-electron chi connectivity index (χ4n) is 4.90. The maximum atomic E-state index is 2.36. The molecule has 0 amide bonds. The molecule has 2 aliphatic carbocycles. The predicted molar refractivity (Wildman–Crippen MR) is 118 cm³/mol. The monoisotopic (exact) mass is 356 g/mol. The fraction of sp³-hybridized carbons (Fsp3) is 0.0714. The fourth-order valence-corrected chi connectivity index (χ4v) is 4.90. The first-order valence-electron chi connectivity index (χ1n) is 9.88. The van der Waals surface area contributed by atoms with E-state index in [1.54, 1.807) is 0 Å². The Morgan fingerprint density at radius 3 is 1.18 bits per heavy atom. The van der Waals surface area contributed by atoms with Gasteiger partial charge in [-0.05, 0) is 69.5 Å². The van der Waals surface area contributed by atoms with Crippen LogP contribution in [0.3, 0.4) is 0 Å². The largest absolute Gasteiger partial charge is 0.0616 e. The molecule has 6 rings (SSSR count). The quantitative estimate of drug-likeness (QED) is 0.268. The summed E-state index contributed by atoms with van der Waals surface area (Å²) in [6, 6.07) is 31.4. The van der Waals surface area contributed by atoms with E-state index in [2.05, 4.69) is 98.8 Å². The van der Waals surface area contributed by atoms with Crippen molar-refractivity contribution in [3.8, 4) is 22.3 Å². The van der Waals surface area contributed by atoms with E-state index >= 15 is 0 Å². The summed E-state index contributed by atoms with van der Waals surface area (Å²) in [5, 5.41) is 0. The summed E-state index contributed by atoms with van der Waals surface area (Å²) in [7, 11) is 0. The smallest absolute Gasteiger partial charge is 0.00137 e. The number of fused-ring (bicyclic) bond motifs is 6. The Morgan fingerprint density at radius 2 is 0.714 bits per heavy atom. The van der Waals surface area contributed by atoms with Crippen LogP contribution < -0.4 is 0 Å². The van der Waals surface area contributed by atoms with Gasteiger partial charge >= 0.3 is 0 Å². The van der Waals surface area contributed by atoms with E-state index < -0.39 is 0 Å². The molecule has 4 aromatic rings. The summed E-state index contributed by atoms with van der Waals surface area (Å²) < 4.78 is 0. The Balaban J connectivity index is 1.82. The average Bonchev–Trinajstić information content (AvgIpc) is 3.19. The van der Waals surface area contributed by atoms with E-state index in [1.165, 1.54) is 66.8 Å². The number of benzene rings is 4. The second-order valence-corrected chi connectivity index (χ2v) is 7.94. The molecule has 0 unspecified atom stereocenters. The zero-order valence-corrected chi connectivity index (χ0v) is 16.1. The zero-order chi connectivity index (χ0) is 18.8. The molecule has 0 heterocycles. The SMILES string of the molecule is Cc1ccc2c(c1)C(=C1c3ccccc3-c3ccccc31)c1cc(C)ccc1-2. The number of hydrogen-bond donors (Lipinski definition) is 0. The van der Waals surface area contributed by atoms with Crippen LogP contribution in [0.15, 0.2) is 84.9 Å². The molecule has 0 saturated carbocycles. The van der Waals surface area contributed by atoms with Crippen LogP contribution in [0, 0.1) is 13.8 Å². The van der Waals surface area contributed by atoms with Gasteiger partial charge in [0.2, 0.25) is 0 Å². The summed E-state index contributed by atoms with van der Waals surface area (Å²) >= 11 is 0. The lowest BCUT2D eigenvalue weighted by Crippen LogP contribution is -1.91. The highest BCUT2D eigenvalue weighted by atomic mass is 14.3. The van der Waals surface area contributed by atoms with Gasteiger partial charge in [-0.25, -0.2) is 0 Å². The van der Waals surface area contributed by atoms with Crippen molar-refractivity contribution in [2.45, 2.75) is 13.8 Å². The molecule has 0 spiro atoms. The summed E-state index contributed by atoms with van der Waals surface area (Å²) in [5.41, 5.74) is 16.2. The van der Waals surface area contributed by atoms with E-state index in [9.17, 15) is 0 Å². The molecule has 0 radical (unpaired) electrons. The minimum absolute atomic E-state index is 1.31. The maximum Gasteiger partial charge on any atom is -0.00137 e. The van der Waals surface area contributed by atoms with Crippen molar-refractivity contribution in [2.75, 3.05) is 0 Å². The first-order valence-corrected chi connectivity index (χ1v) is 9.88. The molecule has 2 aliphatic rings. The van der Waals surface area contributed by atoms with Crippen LogP contribution in [0.25, 0.3) is 33.4 Å². The van der Waals surface area contributed by atoms with Gasteiger partial charge < -0.3 is 0 Å². The minimum Gasteiger partial charge on any atom is -0.0616 e. The zero-order valence-electron chi connectivity index (χ0n) is 16.1. The Labute approximate surface area is 165 Å². The molecule has 4 aromatic carbocycles. The third-order valence-electron chi connectivity index (χ3n) is 6.11. The first-order chi connectivity index (χ1) is 13.7. The summed E-state index contributed by atoms with van der Waals surface area (Å²) in [6.45, 7) is 4.38. The lowest BCUT2D eigenvalue weighted by atomic mass is 9.91. The topological polar surface area (TPSA) is 0 Å². The third-order valence-corrected chi connectivity index (χ3v) is 6.11. The molecule has 0 bridgehead atoms. The standard InChI is InChI=1S/C28H20/c1-17-11-13-21-22-14-12-18(2)16-26(22)28(25(21)15-17)27-23-9-5-3-7-19(23)20-8-4-6-10-24(20)27/h3-16H,1-2H3. The van der Waals surface area contributed by atoms with Crippen LogP contribution in [0.4, 0.5) is 0 Å². The Kier molecular flexibility index (Phi) is 3.11. The highest BCUT2D eigenvalue weighted by Crippen LogP contribution is 2.54. The van der Waals surface area contributed by atoms with E-state index in [0.717, 1.165) is 0 Å². The molecule has 0 nitrogen and oxygen atoms in total. The number of aryl methyl sites for hydroxylation is 2. The van der Waals surface area contributed by atoms with E-state index in [4.69, 9.17) is 0 Å². The van der Waals surface area contributed by atoms with Crippen LogP contribution in [0.1, 0.15) is 33.4 Å². The lowest BCUT2D eigenvalue weighted by Gasteiger charge is -2.12. The molecule has 0 N–H and O–H groups in total. The average molecular weight is 356 g/mol. The van der Waals surface area contributed by atoms with Gasteiger partial charge in [0, 0.05) is 0 Å². The molecular weight excluding hydrogens is 336 g/mol. The molecule has 0 heteroatoms.